The van der Waals surface area contributed by atoms with Gasteiger partial charge in [-0.15, -0.1) is 5.10 Å². The Balaban J connectivity index is 1.39. The molecule has 4 N–H and O–H groups in total. The van der Waals surface area contributed by atoms with Crippen LogP contribution in [-0.2, 0) is 4.79 Å². The molecule has 184 valence electrons. The number of pyridine rings is 1. The highest BCUT2D eigenvalue weighted by molar-refractivity contribution is 5.95. The van der Waals surface area contributed by atoms with Crippen molar-refractivity contribution in [3.8, 4) is 11.4 Å². The second-order valence-corrected chi connectivity index (χ2v) is 10.1. The number of carboxylic acids is 1. The minimum absolute atomic E-state index is 0.170. The molecular weight excluding hydrogens is 465 g/mol. The fraction of sp³-hybridized carbons (Fsp3) is 0.400. The Kier molecular flexibility index (Phi) is 4.43. The molecule has 2 bridgehead atoms. The summed E-state index contributed by atoms with van der Waals surface area (Å²) in [5, 5.41) is 21.4. The van der Waals surface area contributed by atoms with Crippen LogP contribution in [0, 0.1) is 35.4 Å². The van der Waals surface area contributed by atoms with Crippen LogP contribution in [0.1, 0.15) is 29.8 Å². The van der Waals surface area contributed by atoms with Gasteiger partial charge in [0.2, 0.25) is 0 Å². The smallest absolute Gasteiger partial charge is 0.308 e. The number of amides is 1. The second kappa shape index (κ2) is 7.49. The molecule has 0 aliphatic heterocycles. The van der Waals surface area contributed by atoms with Gasteiger partial charge in [0.15, 0.2) is 11.6 Å². The van der Waals surface area contributed by atoms with Crippen molar-refractivity contribution in [2.75, 3.05) is 12.4 Å². The first kappa shape index (κ1) is 21.3. The predicted molar refractivity (Wildman–Crippen MR) is 128 cm³/mol. The van der Waals surface area contributed by atoms with E-state index in [1.54, 1.807) is 25.4 Å². The lowest BCUT2D eigenvalue weighted by molar-refractivity contribution is -0.148. The summed E-state index contributed by atoms with van der Waals surface area (Å²) in [5.74, 6) is 0.146. The summed E-state index contributed by atoms with van der Waals surface area (Å²) in [7, 11) is 1.54. The molecule has 6 atom stereocenters. The van der Waals surface area contributed by atoms with Crippen LogP contribution >= 0.6 is 0 Å². The number of nitrogens with zero attached hydrogens (tertiary/aromatic N) is 4. The van der Waals surface area contributed by atoms with Crippen LogP contribution in [0.4, 0.5) is 10.2 Å². The molecule has 0 aromatic carbocycles. The molecule has 36 heavy (non-hydrogen) atoms. The Bertz CT molecular complexity index is 1560. The van der Waals surface area contributed by atoms with Gasteiger partial charge in [0.05, 0.1) is 12.1 Å². The summed E-state index contributed by atoms with van der Waals surface area (Å²) < 4.78 is 15.5. The SMILES string of the molecule is CNC(=O)c1ccc2c(N[C@H]3[C@H](C(=O)O)[C@H]4CC[C@@H]3C3CC34)nc(-c3c[nH]c4ncc(F)cc34)nn12. The summed E-state index contributed by atoms with van der Waals surface area (Å²) in [6.07, 6.45) is 5.83. The minimum Gasteiger partial charge on any atom is -0.481 e. The number of aromatic amines is 1. The van der Waals surface area contributed by atoms with E-state index in [2.05, 4.69) is 25.7 Å². The molecule has 4 heterocycles. The molecule has 4 aliphatic carbocycles. The number of nitrogens with one attached hydrogen (secondary N) is 3. The largest absolute Gasteiger partial charge is 0.481 e. The molecule has 8 rings (SSSR count). The number of carboxylic acid groups (broad SMARTS) is 1. The summed E-state index contributed by atoms with van der Waals surface area (Å²) in [4.78, 5) is 36.8. The van der Waals surface area contributed by atoms with Gasteiger partial charge in [-0.1, -0.05) is 0 Å². The lowest BCUT2D eigenvalue weighted by atomic mass is 9.61. The van der Waals surface area contributed by atoms with Crippen molar-refractivity contribution in [3.63, 3.8) is 0 Å². The van der Waals surface area contributed by atoms with Gasteiger partial charge < -0.3 is 20.7 Å². The third-order valence-electron chi connectivity index (χ3n) is 8.43. The normalized spacial score (nSPS) is 28.3. The van der Waals surface area contributed by atoms with Crippen LogP contribution < -0.4 is 10.6 Å². The van der Waals surface area contributed by atoms with E-state index >= 15 is 0 Å². The van der Waals surface area contributed by atoms with Crippen molar-refractivity contribution in [3.05, 3.63) is 42.1 Å². The fourth-order valence-corrected chi connectivity index (χ4v) is 6.83. The van der Waals surface area contributed by atoms with Crippen molar-refractivity contribution in [1.82, 2.24) is 29.9 Å². The average molecular weight is 490 g/mol. The number of H-pyrrole nitrogens is 1. The van der Waals surface area contributed by atoms with Gasteiger partial charge in [-0.05, 0) is 61.1 Å². The molecule has 4 aliphatic rings. The first-order valence-corrected chi connectivity index (χ1v) is 12.2. The Morgan fingerprint density at radius 3 is 2.81 bits per heavy atom. The summed E-state index contributed by atoms with van der Waals surface area (Å²) >= 11 is 0. The third-order valence-corrected chi connectivity index (χ3v) is 8.43. The number of hydrogen-bond acceptors (Lipinski definition) is 6. The Morgan fingerprint density at radius 1 is 1.19 bits per heavy atom. The van der Waals surface area contributed by atoms with E-state index < -0.39 is 17.7 Å². The van der Waals surface area contributed by atoms with Gasteiger partial charge in [0.25, 0.3) is 5.91 Å². The van der Waals surface area contributed by atoms with E-state index in [4.69, 9.17) is 4.98 Å². The van der Waals surface area contributed by atoms with E-state index in [-0.39, 0.29) is 29.6 Å². The van der Waals surface area contributed by atoms with Crippen LogP contribution in [0.25, 0.3) is 27.9 Å². The van der Waals surface area contributed by atoms with Crippen LogP contribution in [0.15, 0.2) is 30.6 Å². The number of rotatable bonds is 5. The molecule has 4 aromatic heterocycles. The third kappa shape index (κ3) is 2.98. The topological polar surface area (TPSA) is 137 Å². The maximum absolute atomic E-state index is 14.0. The van der Waals surface area contributed by atoms with E-state index in [0.29, 0.717) is 45.5 Å². The molecule has 0 radical (unpaired) electrons. The summed E-state index contributed by atoms with van der Waals surface area (Å²) in [6.45, 7) is 0. The Labute approximate surface area is 204 Å². The van der Waals surface area contributed by atoms with E-state index in [9.17, 15) is 19.1 Å². The number of aliphatic carboxylic acids is 1. The number of aromatic nitrogens is 5. The Morgan fingerprint density at radius 2 is 2.00 bits per heavy atom. The number of halogens is 1. The number of fused-ring (bicyclic) bond motifs is 4. The molecule has 11 heteroatoms. The van der Waals surface area contributed by atoms with Gasteiger partial charge in [0, 0.05) is 30.2 Å². The van der Waals surface area contributed by atoms with Crippen LogP contribution in [0.3, 0.4) is 0 Å². The molecule has 0 saturated heterocycles. The maximum atomic E-state index is 14.0. The van der Waals surface area contributed by atoms with E-state index in [0.717, 1.165) is 25.5 Å². The van der Waals surface area contributed by atoms with Gasteiger partial charge in [0.1, 0.15) is 22.7 Å². The molecule has 4 aromatic rings. The zero-order valence-corrected chi connectivity index (χ0v) is 19.4. The highest BCUT2D eigenvalue weighted by Crippen LogP contribution is 2.64. The van der Waals surface area contributed by atoms with Crippen molar-refractivity contribution < 1.29 is 19.1 Å². The molecule has 4 saturated carbocycles. The summed E-state index contributed by atoms with van der Waals surface area (Å²) in [5.41, 5.74) is 1.89. The number of anilines is 1. The highest BCUT2D eigenvalue weighted by atomic mass is 19.1. The lowest BCUT2D eigenvalue weighted by Crippen LogP contribution is -2.52. The minimum atomic E-state index is -0.780. The fourth-order valence-electron chi connectivity index (χ4n) is 6.83. The maximum Gasteiger partial charge on any atom is 0.308 e. The van der Waals surface area contributed by atoms with Gasteiger partial charge in [-0.3, -0.25) is 9.59 Å². The first-order valence-electron chi connectivity index (χ1n) is 12.2. The molecule has 10 nitrogen and oxygen atoms in total. The predicted octanol–water partition coefficient (Wildman–Crippen LogP) is 2.93. The molecule has 1 amide bonds. The number of hydrogen-bond donors (Lipinski definition) is 4. The molecule has 0 spiro atoms. The Hall–Kier alpha value is -4.02. The van der Waals surface area contributed by atoms with Crippen LogP contribution in [-0.4, -0.2) is 54.6 Å². The average Bonchev–Trinajstić information content (AvgIpc) is 3.43. The van der Waals surface area contributed by atoms with E-state index in [1.807, 2.05) is 0 Å². The lowest BCUT2D eigenvalue weighted by Gasteiger charge is -2.46. The van der Waals surface area contributed by atoms with Gasteiger partial charge in [-0.2, -0.15) is 0 Å². The standard InChI is InChI=1S/C25H24FN7O3/c1-27-24(34)18-5-4-17-23(30-20-12-3-2-11(13-7-14(12)13)19(20)25(35)36)31-22(32-33(17)18)16-9-29-21-15(16)6-10(26)8-28-21/h4-6,8-9,11-14,19-20H,2-3,7H2,1H3,(H,27,34)(H,28,29)(H,35,36)(H,30,31,32)/t11-,12+,13?,14?,19+,20+/m0/s1. The van der Waals surface area contributed by atoms with Crippen LogP contribution in [0.2, 0.25) is 0 Å². The molecular formula is C25H24FN7O3. The van der Waals surface area contributed by atoms with Crippen molar-refractivity contribution in [2.45, 2.75) is 25.3 Å². The monoisotopic (exact) mass is 489 g/mol. The quantitative estimate of drug-likeness (QED) is 0.338. The summed E-state index contributed by atoms with van der Waals surface area (Å²) in [6, 6.07) is 4.51. The first-order chi connectivity index (χ1) is 17.4. The zero-order valence-electron chi connectivity index (χ0n) is 19.4. The number of carbonyl (C=O) groups excluding carboxylic acids is 1. The van der Waals surface area contributed by atoms with Gasteiger partial charge in [-0.25, -0.2) is 18.9 Å². The van der Waals surface area contributed by atoms with Crippen molar-refractivity contribution in [2.24, 2.45) is 29.6 Å². The molecule has 4 fully saturated rings. The molecule has 2 unspecified atom stereocenters. The highest BCUT2D eigenvalue weighted by Gasteiger charge is 2.63. The van der Waals surface area contributed by atoms with Crippen molar-refractivity contribution >= 4 is 34.2 Å². The van der Waals surface area contributed by atoms with Gasteiger partial charge >= 0.3 is 5.97 Å². The van der Waals surface area contributed by atoms with Crippen molar-refractivity contribution in [1.29, 1.82) is 0 Å². The van der Waals surface area contributed by atoms with E-state index in [1.165, 1.54) is 10.6 Å². The van der Waals surface area contributed by atoms with Crippen LogP contribution in [0.5, 0.6) is 0 Å². The number of carbonyl (C=O) groups is 2. The second-order valence-electron chi connectivity index (χ2n) is 10.1. The zero-order chi connectivity index (χ0) is 24.7.